The van der Waals surface area contributed by atoms with Crippen LogP contribution in [0.15, 0.2) is 28.7 Å². The minimum atomic E-state index is 0. The summed E-state index contributed by atoms with van der Waals surface area (Å²) in [5.74, 6) is 0.628. The zero-order chi connectivity index (χ0) is 13.0. The van der Waals surface area contributed by atoms with E-state index in [9.17, 15) is 4.79 Å². The van der Waals surface area contributed by atoms with Crippen LogP contribution >= 0.6 is 28.3 Å². The van der Waals surface area contributed by atoms with E-state index in [-0.39, 0.29) is 18.3 Å². The molecule has 19 heavy (non-hydrogen) atoms. The van der Waals surface area contributed by atoms with Gasteiger partial charge in [0.25, 0.3) is 0 Å². The van der Waals surface area contributed by atoms with Gasteiger partial charge in [-0.15, -0.1) is 12.4 Å². The van der Waals surface area contributed by atoms with Crippen molar-refractivity contribution >= 4 is 34.2 Å². The first-order chi connectivity index (χ1) is 8.65. The normalized spacial score (nSPS) is 22.4. The molecule has 2 unspecified atom stereocenters. The van der Waals surface area contributed by atoms with Crippen LogP contribution in [0.3, 0.4) is 0 Å². The van der Waals surface area contributed by atoms with Crippen molar-refractivity contribution in [1.29, 1.82) is 0 Å². The molecule has 2 N–H and O–H groups in total. The lowest BCUT2D eigenvalue weighted by atomic mass is 9.95. The summed E-state index contributed by atoms with van der Waals surface area (Å²) in [4.78, 5) is 12.0. The Bertz CT molecular complexity index is 410. The van der Waals surface area contributed by atoms with Crippen molar-refractivity contribution in [1.82, 2.24) is 10.6 Å². The number of carbonyl (C=O) groups excluding carboxylic acids is 1. The predicted molar refractivity (Wildman–Crippen MR) is 83.7 cm³/mol. The Balaban J connectivity index is 0.00000180. The minimum absolute atomic E-state index is 0. The van der Waals surface area contributed by atoms with Crippen LogP contribution in [0.1, 0.15) is 18.9 Å². The first-order valence-corrected chi connectivity index (χ1v) is 7.19. The molecule has 1 heterocycles. The Hall–Kier alpha value is -0.580. The van der Waals surface area contributed by atoms with E-state index in [1.54, 1.807) is 0 Å². The Morgan fingerprint density at radius 3 is 2.74 bits per heavy atom. The Labute approximate surface area is 129 Å². The maximum absolute atomic E-state index is 12.0. The summed E-state index contributed by atoms with van der Waals surface area (Å²) in [5.41, 5.74) is 1.05. The van der Waals surface area contributed by atoms with Gasteiger partial charge in [-0.05, 0) is 43.1 Å². The number of benzene rings is 1. The van der Waals surface area contributed by atoms with E-state index >= 15 is 0 Å². The van der Waals surface area contributed by atoms with Crippen LogP contribution in [0.4, 0.5) is 0 Å². The predicted octanol–water partition coefficient (Wildman–Crippen LogP) is 2.53. The average Bonchev–Trinajstić information content (AvgIpc) is 2.35. The van der Waals surface area contributed by atoms with E-state index in [2.05, 4.69) is 33.5 Å². The fourth-order valence-electron chi connectivity index (χ4n) is 2.27. The molecule has 5 heteroatoms. The first-order valence-electron chi connectivity index (χ1n) is 6.39. The van der Waals surface area contributed by atoms with Crippen molar-refractivity contribution in [3.05, 3.63) is 34.3 Å². The van der Waals surface area contributed by atoms with Crippen LogP contribution in [0.2, 0.25) is 0 Å². The van der Waals surface area contributed by atoms with Gasteiger partial charge in [0.05, 0.1) is 6.42 Å². The van der Waals surface area contributed by atoms with Crippen molar-refractivity contribution in [3.63, 3.8) is 0 Å². The van der Waals surface area contributed by atoms with Crippen LogP contribution in [0, 0.1) is 5.92 Å². The molecule has 1 saturated heterocycles. The quantitative estimate of drug-likeness (QED) is 0.882. The molecule has 0 saturated carbocycles. The molecule has 1 aliphatic heterocycles. The lowest BCUT2D eigenvalue weighted by molar-refractivity contribution is -0.121. The third-order valence-corrected chi connectivity index (χ3v) is 3.94. The molecule has 106 valence electrons. The van der Waals surface area contributed by atoms with E-state index in [1.807, 2.05) is 24.3 Å². The van der Waals surface area contributed by atoms with Crippen molar-refractivity contribution < 1.29 is 4.79 Å². The molecular weight excluding hydrogens is 328 g/mol. The Morgan fingerprint density at radius 2 is 2.11 bits per heavy atom. The smallest absolute Gasteiger partial charge is 0.224 e. The molecule has 1 amide bonds. The number of hydrogen-bond acceptors (Lipinski definition) is 2. The van der Waals surface area contributed by atoms with Crippen LogP contribution in [-0.2, 0) is 11.2 Å². The van der Waals surface area contributed by atoms with E-state index in [0.717, 1.165) is 29.5 Å². The van der Waals surface area contributed by atoms with E-state index < -0.39 is 0 Å². The molecule has 1 fully saturated rings. The van der Waals surface area contributed by atoms with E-state index in [1.165, 1.54) is 0 Å². The maximum atomic E-state index is 12.0. The average molecular weight is 348 g/mol. The SMILES string of the molecule is CC1CNCCC1NC(=O)Cc1ccc(Br)cc1.Cl. The third-order valence-electron chi connectivity index (χ3n) is 3.41. The van der Waals surface area contributed by atoms with Gasteiger partial charge in [0.1, 0.15) is 0 Å². The largest absolute Gasteiger partial charge is 0.353 e. The number of carbonyl (C=O) groups is 1. The molecule has 1 aliphatic rings. The summed E-state index contributed by atoms with van der Waals surface area (Å²) in [6.07, 6.45) is 1.48. The van der Waals surface area contributed by atoms with Crippen LogP contribution in [0.25, 0.3) is 0 Å². The summed E-state index contributed by atoms with van der Waals surface area (Å²) >= 11 is 3.39. The number of piperidine rings is 1. The fourth-order valence-corrected chi connectivity index (χ4v) is 2.54. The van der Waals surface area contributed by atoms with Gasteiger partial charge in [0, 0.05) is 10.5 Å². The number of hydrogen-bond donors (Lipinski definition) is 2. The standard InChI is InChI=1S/C14H19BrN2O.ClH/c1-10-9-16-7-6-13(10)17-14(18)8-11-2-4-12(15)5-3-11;/h2-5,10,13,16H,6-9H2,1H3,(H,17,18);1H. The van der Waals surface area contributed by atoms with Gasteiger partial charge in [-0.25, -0.2) is 0 Å². The number of halogens is 2. The molecule has 3 nitrogen and oxygen atoms in total. The number of rotatable bonds is 3. The lowest BCUT2D eigenvalue weighted by Gasteiger charge is -2.30. The van der Waals surface area contributed by atoms with Crippen molar-refractivity contribution in [3.8, 4) is 0 Å². The van der Waals surface area contributed by atoms with E-state index in [0.29, 0.717) is 18.4 Å². The second kappa shape index (κ2) is 7.88. The highest BCUT2D eigenvalue weighted by Gasteiger charge is 2.22. The second-order valence-electron chi connectivity index (χ2n) is 4.95. The first kappa shape index (κ1) is 16.5. The Morgan fingerprint density at radius 1 is 1.42 bits per heavy atom. The third kappa shape index (κ3) is 5.13. The fraction of sp³-hybridized carbons (Fsp3) is 0.500. The van der Waals surface area contributed by atoms with Crippen molar-refractivity contribution in [2.45, 2.75) is 25.8 Å². The van der Waals surface area contributed by atoms with Gasteiger partial charge >= 0.3 is 0 Å². The highest BCUT2D eigenvalue weighted by Crippen LogP contribution is 2.13. The highest BCUT2D eigenvalue weighted by molar-refractivity contribution is 9.10. The molecule has 1 aromatic carbocycles. The molecule has 0 spiro atoms. The molecule has 2 rings (SSSR count). The molecule has 1 aromatic rings. The minimum Gasteiger partial charge on any atom is -0.353 e. The van der Waals surface area contributed by atoms with Gasteiger partial charge in [-0.1, -0.05) is 35.0 Å². The van der Waals surface area contributed by atoms with E-state index in [4.69, 9.17) is 0 Å². The summed E-state index contributed by atoms with van der Waals surface area (Å²) in [6, 6.07) is 8.21. The van der Waals surface area contributed by atoms with Crippen LogP contribution < -0.4 is 10.6 Å². The van der Waals surface area contributed by atoms with Crippen LogP contribution in [-0.4, -0.2) is 25.0 Å². The molecule has 2 atom stereocenters. The molecule has 0 bridgehead atoms. The van der Waals surface area contributed by atoms with Gasteiger partial charge in [0.15, 0.2) is 0 Å². The second-order valence-corrected chi connectivity index (χ2v) is 5.86. The zero-order valence-corrected chi connectivity index (χ0v) is 13.4. The molecule has 0 radical (unpaired) electrons. The topological polar surface area (TPSA) is 41.1 Å². The molecule has 0 aliphatic carbocycles. The number of nitrogens with one attached hydrogen (secondary N) is 2. The van der Waals surface area contributed by atoms with Gasteiger partial charge in [-0.3, -0.25) is 4.79 Å². The van der Waals surface area contributed by atoms with Gasteiger partial charge in [0.2, 0.25) is 5.91 Å². The molecular formula is C14H20BrClN2O. The summed E-state index contributed by atoms with van der Waals surface area (Å²) < 4.78 is 1.04. The summed E-state index contributed by atoms with van der Waals surface area (Å²) in [5, 5.41) is 6.48. The monoisotopic (exact) mass is 346 g/mol. The summed E-state index contributed by atoms with van der Waals surface area (Å²) in [7, 11) is 0. The molecule has 0 aromatic heterocycles. The van der Waals surface area contributed by atoms with Crippen LogP contribution in [0.5, 0.6) is 0 Å². The zero-order valence-electron chi connectivity index (χ0n) is 11.0. The lowest BCUT2D eigenvalue weighted by Crippen LogP contribution is -2.48. The maximum Gasteiger partial charge on any atom is 0.224 e. The van der Waals surface area contributed by atoms with Crippen molar-refractivity contribution in [2.24, 2.45) is 5.92 Å². The number of amides is 1. The summed E-state index contributed by atoms with van der Waals surface area (Å²) in [6.45, 7) is 4.16. The Kier molecular flexibility index (Phi) is 6.83. The van der Waals surface area contributed by atoms with Gasteiger partial charge < -0.3 is 10.6 Å². The van der Waals surface area contributed by atoms with Crippen molar-refractivity contribution in [2.75, 3.05) is 13.1 Å². The highest BCUT2D eigenvalue weighted by atomic mass is 79.9. The van der Waals surface area contributed by atoms with Gasteiger partial charge in [-0.2, -0.15) is 0 Å².